The predicted molar refractivity (Wildman–Crippen MR) is 59.1 cm³/mol. The fourth-order valence-electron chi connectivity index (χ4n) is 0.605. The van der Waals surface area contributed by atoms with E-state index in [1.165, 1.54) is 40.5 Å². The standard InChI is InChI=1S/2C5H7O2.Hf/c2*1-4(6)3-5(2)7;/h2*3H,1-2H3;/q2*-1;/p+4. The van der Waals surface area contributed by atoms with Crippen LogP contribution in [0.15, 0.2) is 0 Å². The van der Waals surface area contributed by atoms with Crippen LogP contribution < -0.4 is 0 Å². The molecule has 0 aromatic rings. The third-order valence-corrected chi connectivity index (χ3v) is 0.836. The van der Waals surface area contributed by atoms with E-state index in [-0.39, 0.29) is 49.0 Å². The first kappa shape index (κ1) is 19.8. The van der Waals surface area contributed by atoms with Gasteiger partial charge in [-0.3, -0.25) is 0 Å². The summed E-state index contributed by atoms with van der Waals surface area (Å²) in [5.41, 5.74) is 0. The monoisotopic (exact) mass is 382 g/mol. The average molecular weight is 381 g/mol. The summed E-state index contributed by atoms with van der Waals surface area (Å²) in [6.45, 7) is 6.00. The van der Waals surface area contributed by atoms with E-state index in [0.717, 1.165) is 0 Å². The van der Waals surface area contributed by atoms with E-state index >= 15 is 0 Å². The molecule has 4 N–H and O–H groups in total. The minimum Gasteiger partial charge on any atom is -0.316 e. The van der Waals surface area contributed by atoms with Gasteiger partial charge in [0.25, 0.3) is 0 Å². The molecule has 0 spiro atoms. The van der Waals surface area contributed by atoms with Crippen LogP contribution in [0.3, 0.4) is 0 Å². The molecule has 0 aliphatic carbocycles. The van der Waals surface area contributed by atoms with Gasteiger partial charge in [0.15, 0.2) is 23.1 Å². The Morgan fingerprint density at radius 3 is 0.733 bits per heavy atom. The van der Waals surface area contributed by atoms with Gasteiger partial charge in [-0.2, -0.15) is 12.8 Å². The Balaban J connectivity index is -0.000000180. The topological polar surface area (TPSA) is 85.6 Å². The smallest absolute Gasteiger partial charge is 0.176 e. The third-order valence-electron chi connectivity index (χ3n) is 0.836. The number of carbonyl (C=O) groups excluding carboxylic acids is 4. The van der Waals surface area contributed by atoms with Crippen LogP contribution in [0, 0.1) is 12.8 Å². The van der Waals surface area contributed by atoms with Crippen molar-refractivity contribution in [1.82, 2.24) is 0 Å². The van der Waals surface area contributed by atoms with Gasteiger partial charge in [-0.25, -0.2) is 0 Å². The second-order valence-corrected chi connectivity index (χ2v) is 2.85. The summed E-state index contributed by atoms with van der Waals surface area (Å²) in [6.07, 6.45) is 2.56. The van der Waals surface area contributed by atoms with Crippen molar-refractivity contribution in [1.29, 1.82) is 0 Å². The maximum atomic E-state index is 8.40. The van der Waals surface area contributed by atoms with Gasteiger partial charge in [0.1, 0.15) is 0 Å². The molecule has 0 heterocycles. The normalized spacial score (nSPS) is 7.20. The van der Waals surface area contributed by atoms with Crippen molar-refractivity contribution in [3.63, 3.8) is 0 Å². The molecule has 0 aromatic heterocycles. The zero-order valence-electron chi connectivity index (χ0n) is 9.44. The third kappa shape index (κ3) is 31.9. The van der Waals surface area contributed by atoms with Gasteiger partial charge < -0.3 is 19.2 Å². The van der Waals surface area contributed by atoms with E-state index in [1.807, 2.05) is 0 Å². The van der Waals surface area contributed by atoms with Crippen LogP contribution in [0.4, 0.5) is 0 Å². The quantitative estimate of drug-likeness (QED) is 0.297. The van der Waals surface area contributed by atoms with E-state index in [9.17, 15) is 0 Å². The van der Waals surface area contributed by atoms with Crippen molar-refractivity contribution in [2.75, 3.05) is 0 Å². The molecule has 0 amide bonds. The molecule has 0 saturated carbocycles. The molecular weight excluding hydrogens is 363 g/mol. The molecule has 0 atom stereocenters. The first-order valence-corrected chi connectivity index (χ1v) is 4.05. The fourth-order valence-corrected chi connectivity index (χ4v) is 0.605. The summed E-state index contributed by atoms with van der Waals surface area (Å²) in [7, 11) is 0. The fraction of sp³-hybridized carbons (Fsp3) is 0.400. The molecule has 0 aromatic carbocycles. The Morgan fingerprint density at radius 1 is 0.600 bits per heavy atom. The second kappa shape index (κ2) is 11.4. The van der Waals surface area contributed by atoms with Gasteiger partial charge >= 0.3 is 0 Å². The van der Waals surface area contributed by atoms with Crippen molar-refractivity contribution < 1.29 is 45.0 Å². The van der Waals surface area contributed by atoms with Crippen LogP contribution in [0.2, 0.25) is 0 Å². The maximum Gasteiger partial charge on any atom is 0.176 e. The van der Waals surface area contributed by atoms with E-state index in [0.29, 0.717) is 0 Å². The van der Waals surface area contributed by atoms with Gasteiger partial charge in [0, 0.05) is 53.5 Å². The van der Waals surface area contributed by atoms with Crippen LogP contribution in [-0.2, 0) is 25.8 Å². The SMILES string of the molecule is CC(=[OH+])[CH-]C(C)=[OH+].CC(=[OH+])[CH-]C(C)=[OH+].[Hf]. The number of hydrogen-bond donors (Lipinski definition) is 0. The molecule has 84 valence electrons. The molecule has 0 saturated heterocycles. The van der Waals surface area contributed by atoms with E-state index in [2.05, 4.69) is 0 Å². The van der Waals surface area contributed by atoms with Crippen LogP contribution in [0.25, 0.3) is 0 Å². The number of hydrogen-bond acceptors (Lipinski definition) is 0. The summed E-state index contributed by atoms with van der Waals surface area (Å²) in [5, 5.41) is 0. The van der Waals surface area contributed by atoms with Crippen molar-refractivity contribution in [2.24, 2.45) is 0 Å². The van der Waals surface area contributed by atoms with Crippen molar-refractivity contribution >= 4 is 23.1 Å². The Bertz CT molecular complexity index is 196. The number of ketones is 4. The summed E-state index contributed by atoms with van der Waals surface area (Å²) < 4.78 is 0. The first-order valence-electron chi connectivity index (χ1n) is 4.05. The molecule has 0 bridgehead atoms. The molecule has 0 aliphatic rings. The van der Waals surface area contributed by atoms with Gasteiger partial charge in [-0.05, 0) is 0 Å². The first-order chi connectivity index (χ1) is 6.25. The van der Waals surface area contributed by atoms with Gasteiger partial charge in [-0.1, -0.05) is 0 Å². The van der Waals surface area contributed by atoms with E-state index < -0.39 is 0 Å². The predicted octanol–water partition coefficient (Wildman–Crippen LogP) is 0.638. The second-order valence-electron chi connectivity index (χ2n) is 2.85. The van der Waals surface area contributed by atoms with Crippen LogP contribution in [-0.4, -0.2) is 42.3 Å². The Kier molecular flexibility index (Phi) is 15.0. The van der Waals surface area contributed by atoms with Crippen LogP contribution in [0.5, 0.6) is 0 Å². The molecule has 0 unspecified atom stereocenters. The van der Waals surface area contributed by atoms with Crippen molar-refractivity contribution in [3.8, 4) is 0 Å². The Hall–Kier alpha value is -0.710. The Morgan fingerprint density at radius 2 is 0.733 bits per heavy atom. The molecule has 4 nitrogen and oxygen atoms in total. The molecule has 5 heteroatoms. The molecule has 0 aliphatic heterocycles. The van der Waals surface area contributed by atoms with E-state index in [1.54, 1.807) is 0 Å². The van der Waals surface area contributed by atoms with Crippen molar-refractivity contribution in [3.05, 3.63) is 12.8 Å². The minimum atomic E-state index is 0. The summed E-state index contributed by atoms with van der Waals surface area (Å²) in [4.78, 5) is 33.6. The average Bonchev–Trinajstić information content (AvgIpc) is 1.79. The summed E-state index contributed by atoms with van der Waals surface area (Å²) in [5.74, 6) is 0.500. The van der Waals surface area contributed by atoms with E-state index in [4.69, 9.17) is 19.2 Å². The zero-order chi connectivity index (χ0) is 11.7. The molecule has 15 heavy (non-hydrogen) atoms. The van der Waals surface area contributed by atoms with Crippen LogP contribution >= 0.6 is 0 Å². The molecule has 0 rings (SSSR count). The van der Waals surface area contributed by atoms with Gasteiger partial charge in [0.2, 0.25) is 0 Å². The Labute approximate surface area is 109 Å². The summed E-state index contributed by atoms with van der Waals surface area (Å²) >= 11 is 0. The van der Waals surface area contributed by atoms with Crippen LogP contribution in [0.1, 0.15) is 27.7 Å². The zero-order valence-corrected chi connectivity index (χ0v) is 13.0. The van der Waals surface area contributed by atoms with Gasteiger partial charge in [0.05, 0.1) is 0 Å². The summed E-state index contributed by atoms with van der Waals surface area (Å²) in [6, 6.07) is 0. The molecular formula is C10H18HfO4+2. The molecule has 0 fully saturated rings. The maximum absolute atomic E-state index is 8.40. The minimum absolute atomic E-state index is 0. The molecule has 0 radical (unpaired) electrons. The largest absolute Gasteiger partial charge is 0.316 e. The number of rotatable bonds is 4. The van der Waals surface area contributed by atoms with Crippen molar-refractivity contribution in [2.45, 2.75) is 27.7 Å². The van der Waals surface area contributed by atoms with Gasteiger partial charge in [-0.15, -0.1) is 0 Å².